The Morgan fingerprint density at radius 1 is 1.13 bits per heavy atom. The van der Waals surface area contributed by atoms with Crippen molar-refractivity contribution >= 4 is 23.2 Å². The Kier molecular flexibility index (Phi) is 8.36. The average molecular weight is 430 g/mol. The van der Waals surface area contributed by atoms with Crippen LogP contribution in [0.1, 0.15) is 24.6 Å². The first-order valence-electron chi connectivity index (χ1n) is 10.5. The van der Waals surface area contributed by atoms with E-state index >= 15 is 0 Å². The maximum atomic E-state index is 12.1. The molecule has 8 heteroatoms. The Hall–Kier alpha value is -2.29. The molecule has 2 heterocycles. The van der Waals surface area contributed by atoms with Crippen molar-refractivity contribution in [2.45, 2.75) is 26.3 Å². The van der Waals surface area contributed by atoms with E-state index in [9.17, 15) is 9.59 Å². The normalized spacial score (nSPS) is 15.1. The van der Waals surface area contributed by atoms with Crippen molar-refractivity contribution in [1.82, 2.24) is 25.4 Å². The molecule has 0 spiro atoms. The second kappa shape index (κ2) is 11.2. The van der Waals surface area contributed by atoms with E-state index < -0.39 is 0 Å². The summed E-state index contributed by atoms with van der Waals surface area (Å²) in [6.45, 7) is 7.99. The number of carbonyl (C=O) groups excluding carboxylic acids is 2. The second-order valence-electron chi connectivity index (χ2n) is 7.79. The van der Waals surface area contributed by atoms with Gasteiger partial charge in [0.15, 0.2) is 0 Å². The molecular formula is C22H31N5O2S. The van der Waals surface area contributed by atoms with Gasteiger partial charge >= 0.3 is 0 Å². The fourth-order valence-electron chi connectivity index (χ4n) is 3.40. The van der Waals surface area contributed by atoms with Gasteiger partial charge in [-0.3, -0.25) is 14.5 Å². The number of piperazine rings is 1. The van der Waals surface area contributed by atoms with E-state index in [1.807, 2.05) is 5.38 Å². The first-order valence-corrected chi connectivity index (χ1v) is 11.3. The number of likely N-dealkylation sites (N-methyl/N-ethyl adjacent to an activating group) is 1. The predicted octanol–water partition coefficient (Wildman–Crippen LogP) is 1.74. The average Bonchev–Trinajstić information content (AvgIpc) is 3.18. The lowest BCUT2D eigenvalue weighted by Crippen LogP contribution is -2.43. The van der Waals surface area contributed by atoms with Crippen LogP contribution in [-0.2, 0) is 22.6 Å². The summed E-state index contributed by atoms with van der Waals surface area (Å²) in [5, 5.41) is 8.50. The zero-order chi connectivity index (χ0) is 21.3. The van der Waals surface area contributed by atoms with Crippen LogP contribution in [0.2, 0.25) is 0 Å². The molecule has 0 radical (unpaired) electrons. The number of amides is 2. The number of hydrogen-bond donors (Lipinski definition) is 2. The highest BCUT2D eigenvalue weighted by atomic mass is 32.1. The van der Waals surface area contributed by atoms with Crippen LogP contribution >= 0.6 is 11.3 Å². The van der Waals surface area contributed by atoms with Crippen LogP contribution in [0.5, 0.6) is 0 Å². The van der Waals surface area contributed by atoms with E-state index in [4.69, 9.17) is 0 Å². The highest BCUT2D eigenvalue weighted by Gasteiger charge is 2.14. The van der Waals surface area contributed by atoms with Crippen LogP contribution in [0, 0.1) is 0 Å². The van der Waals surface area contributed by atoms with Gasteiger partial charge in [0.1, 0.15) is 5.01 Å². The molecule has 1 aromatic carbocycles. The zero-order valence-electron chi connectivity index (χ0n) is 17.8. The highest BCUT2D eigenvalue weighted by molar-refractivity contribution is 7.13. The van der Waals surface area contributed by atoms with E-state index in [1.54, 1.807) is 11.3 Å². The van der Waals surface area contributed by atoms with Crippen molar-refractivity contribution in [2.75, 3.05) is 46.3 Å². The quantitative estimate of drug-likeness (QED) is 0.594. The minimum Gasteiger partial charge on any atom is -0.356 e. The van der Waals surface area contributed by atoms with Crippen molar-refractivity contribution in [3.05, 3.63) is 40.9 Å². The summed E-state index contributed by atoms with van der Waals surface area (Å²) in [7, 11) is 2.17. The van der Waals surface area contributed by atoms with Crippen molar-refractivity contribution in [3.8, 4) is 10.6 Å². The molecule has 0 saturated carbocycles. The van der Waals surface area contributed by atoms with Crippen LogP contribution in [-0.4, -0.2) is 72.9 Å². The van der Waals surface area contributed by atoms with Gasteiger partial charge in [-0.25, -0.2) is 4.98 Å². The Labute approximate surface area is 182 Å². The molecule has 0 bridgehead atoms. The maximum absolute atomic E-state index is 12.1. The molecule has 3 rings (SSSR count). The first-order chi connectivity index (χ1) is 14.5. The molecule has 2 aromatic rings. The molecule has 1 aromatic heterocycles. The Morgan fingerprint density at radius 3 is 2.67 bits per heavy atom. The van der Waals surface area contributed by atoms with Gasteiger partial charge in [-0.05, 0) is 25.1 Å². The van der Waals surface area contributed by atoms with E-state index in [2.05, 4.69) is 56.7 Å². The van der Waals surface area contributed by atoms with E-state index in [0.717, 1.165) is 49.0 Å². The van der Waals surface area contributed by atoms with Gasteiger partial charge in [0.25, 0.3) is 0 Å². The number of benzene rings is 1. The van der Waals surface area contributed by atoms with Crippen molar-refractivity contribution in [3.63, 3.8) is 0 Å². The lowest BCUT2D eigenvalue weighted by Gasteiger charge is -2.32. The molecule has 2 amide bonds. The molecule has 1 aliphatic rings. The monoisotopic (exact) mass is 429 g/mol. The second-order valence-corrected chi connectivity index (χ2v) is 8.65. The molecule has 162 valence electrons. The molecule has 0 aliphatic carbocycles. The summed E-state index contributed by atoms with van der Waals surface area (Å²) in [6, 6.07) is 8.55. The molecule has 30 heavy (non-hydrogen) atoms. The lowest BCUT2D eigenvalue weighted by molar-refractivity contribution is -0.120. The Balaban J connectivity index is 1.49. The molecule has 2 N–H and O–H groups in total. The fourth-order valence-corrected chi connectivity index (χ4v) is 4.21. The van der Waals surface area contributed by atoms with E-state index in [1.165, 1.54) is 12.5 Å². The third-order valence-electron chi connectivity index (χ3n) is 5.12. The predicted molar refractivity (Wildman–Crippen MR) is 120 cm³/mol. The van der Waals surface area contributed by atoms with Crippen molar-refractivity contribution < 1.29 is 9.59 Å². The van der Waals surface area contributed by atoms with Gasteiger partial charge < -0.3 is 15.5 Å². The van der Waals surface area contributed by atoms with Crippen LogP contribution in [0.15, 0.2) is 29.6 Å². The minimum absolute atomic E-state index is 0.0431. The summed E-state index contributed by atoms with van der Waals surface area (Å²) >= 11 is 1.58. The Bertz CT molecular complexity index is 846. The smallest absolute Gasteiger partial charge is 0.226 e. The first kappa shape index (κ1) is 22.4. The third kappa shape index (κ3) is 7.19. The van der Waals surface area contributed by atoms with Gasteiger partial charge in [-0.2, -0.15) is 0 Å². The number of hydrogen-bond acceptors (Lipinski definition) is 6. The zero-order valence-corrected chi connectivity index (χ0v) is 18.6. The van der Waals surface area contributed by atoms with Gasteiger partial charge in [0, 0.05) is 63.7 Å². The number of thiazole rings is 1. The summed E-state index contributed by atoms with van der Waals surface area (Å²) in [5.74, 6) is -0.0950. The van der Waals surface area contributed by atoms with Crippen LogP contribution in [0.25, 0.3) is 10.6 Å². The number of aromatic nitrogens is 1. The number of rotatable bonds is 9. The maximum Gasteiger partial charge on any atom is 0.226 e. The molecule has 1 saturated heterocycles. The molecule has 0 unspecified atom stereocenters. The van der Waals surface area contributed by atoms with Crippen LogP contribution in [0.3, 0.4) is 0 Å². The summed E-state index contributed by atoms with van der Waals surface area (Å²) in [4.78, 5) is 32.5. The van der Waals surface area contributed by atoms with Crippen LogP contribution < -0.4 is 10.6 Å². The third-order valence-corrected chi connectivity index (χ3v) is 6.06. The highest BCUT2D eigenvalue weighted by Crippen LogP contribution is 2.25. The standard InChI is InChI=1S/C22H31N5O2S/c1-17(28)23-7-4-8-24-21(29)14-20-16-30-22(25-20)19-6-3-5-18(13-19)15-27-11-9-26(2)10-12-27/h3,5-6,13,16H,4,7-12,14-15H2,1-2H3,(H,23,28)(H,24,29). The molecular weight excluding hydrogens is 398 g/mol. The minimum atomic E-state index is -0.0519. The molecule has 1 aliphatic heterocycles. The van der Waals surface area contributed by atoms with Gasteiger partial charge in [-0.1, -0.05) is 18.2 Å². The summed E-state index contributed by atoms with van der Waals surface area (Å²) in [5.41, 5.74) is 3.19. The van der Waals surface area contributed by atoms with Crippen LogP contribution in [0.4, 0.5) is 0 Å². The lowest BCUT2D eigenvalue weighted by atomic mass is 10.1. The van der Waals surface area contributed by atoms with Gasteiger partial charge in [0.05, 0.1) is 12.1 Å². The number of carbonyl (C=O) groups is 2. The largest absolute Gasteiger partial charge is 0.356 e. The number of nitrogens with one attached hydrogen (secondary N) is 2. The fraction of sp³-hybridized carbons (Fsp3) is 0.500. The molecule has 1 fully saturated rings. The van der Waals surface area contributed by atoms with Gasteiger partial charge in [-0.15, -0.1) is 11.3 Å². The number of nitrogens with zero attached hydrogens (tertiary/aromatic N) is 3. The topological polar surface area (TPSA) is 77.6 Å². The van der Waals surface area contributed by atoms with Gasteiger partial charge in [0.2, 0.25) is 11.8 Å². The SMILES string of the molecule is CC(=O)NCCCNC(=O)Cc1csc(-c2cccc(CN3CCN(C)CC3)c2)n1. The van der Waals surface area contributed by atoms with Crippen molar-refractivity contribution in [1.29, 1.82) is 0 Å². The Morgan fingerprint density at radius 2 is 1.90 bits per heavy atom. The summed E-state index contributed by atoms with van der Waals surface area (Å²) in [6.07, 6.45) is 0.991. The van der Waals surface area contributed by atoms with E-state index in [-0.39, 0.29) is 18.2 Å². The molecule has 7 nitrogen and oxygen atoms in total. The van der Waals surface area contributed by atoms with E-state index in [0.29, 0.717) is 19.5 Å². The summed E-state index contributed by atoms with van der Waals surface area (Å²) < 4.78 is 0. The molecule has 0 atom stereocenters. The van der Waals surface area contributed by atoms with Crippen molar-refractivity contribution in [2.24, 2.45) is 0 Å².